The normalized spacial score (nSPS) is 29.4. The van der Waals surface area contributed by atoms with Crippen molar-refractivity contribution in [2.45, 2.75) is 45.2 Å². The van der Waals surface area contributed by atoms with Crippen LogP contribution in [0.5, 0.6) is 0 Å². The van der Waals surface area contributed by atoms with E-state index in [-0.39, 0.29) is 0 Å². The van der Waals surface area contributed by atoms with Crippen LogP contribution in [0.3, 0.4) is 0 Å². The van der Waals surface area contributed by atoms with Crippen molar-refractivity contribution in [3.63, 3.8) is 0 Å². The third kappa shape index (κ3) is 3.56. The van der Waals surface area contributed by atoms with Gasteiger partial charge in [0.2, 0.25) is 0 Å². The summed E-state index contributed by atoms with van der Waals surface area (Å²) in [7, 11) is 0. The summed E-state index contributed by atoms with van der Waals surface area (Å²) in [5, 5.41) is 3.45. The molecule has 2 aliphatic rings. The van der Waals surface area contributed by atoms with Crippen molar-refractivity contribution in [2.24, 2.45) is 0 Å². The predicted octanol–water partition coefficient (Wildman–Crippen LogP) is 1.71. The van der Waals surface area contributed by atoms with Gasteiger partial charge in [-0.15, -0.1) is 0 Å². The molecule has 0 saturated carbocycles. The maximum absolute atomic E-state index is 4.22. The van der Waals surface area contributed by atoms with Gasteiger partial charge in [0.15, 0.2) is 0 Å². The van der Waals surface area contributed by atoms with Crippen LogP contribution in [0, 0.1) is 0 Å². The third-order valence-electron chi connectivity index (χ3n) is 4.29. The van der Waals surface area contributed by atoms with Crippen LogP contribution in [0.25, 0.3) is 0 Å². The summed E-state index contributed by atoms with van der Waals surface area (Å²) in [6.07, 6.45) is 3.98. The van der Waals surface area contributed by atoms with Gasteiger partial charge in [0.05, 0.1) is 0 Å². The number of nitrogens with one attached hydrogen (secondary N) is 1. The molecule has 0 aromatic carbocycles. The minimum atomic E-state index is 0.683. The second kappa shape index (κ2) is 6.69. The van der Waals surface area contributed by atoms with E-state index < -0.39 is 0 Å². The fraction of sp³-hybridized carbons (Fsp3) is 0.867. The highest BCUT2D eigenvalue weighted by atomic mass is 15.3. The van der Waals surface area contributed by atoms with Gasteiger partial charge in [-0.2, -0.15) is 0 Å². The van der Waals surface area contributed by atoms with Gasteiger partial charge in [-0.25, -0.2) is 0 Å². The summed E-state index contributed by atoms with van der Waals surface area (Å²) >= 11 is 0. The zero-order chi connectivity index (χ0) is 13.0. The average molecular weight is 251 g/mol. The summed E-state index contributed by atoms with van der Waals surface area (Å²) in [6.45, 7) is 15.8. The van der Waals surface area contributed by atoms with Gasteiger partial charge in [0.25, 0.3) is 0 Å². The molecule has 2 rings (SSSR count). The first kappa shape index (κ1) is 14.0. The van der Waals surface area contributed by atoms with E-state index in [4.69, 9.17) is 0 Å². The van der Waals surface area contributed by atoms with Gasteiger partial charge in [-0.05, 0) is 44.8 Å². The highest BCUT2D eigenvalue weighted by molar-refractivity contribution is 5.03. The Hall–Kier alpha value is -0.380. The molecule has 18 heavy (non-hydrogen) atoms. The Morgan fingerprint density at radius 3 is 3.00 bits per heavy atom. The van der Waals surface area contributed by atoms with Gasteiger partial charge in [-0.3, -0.25) is 9.80 Å². The lowest BCUT2D eigenvalue weighted by atomic mass is 10.1. The lowest BCUT2D eigenvalue weighted by Gasteiger charge is -2.42. The highest BCUT2D eigenvalue weighted by Crippen LogP contribution is 2.24. The van der Waals surface area contributed by atoms with E-state index in [0.717, 1.165) is 25.7 Å². The van der Waals surface area contributed by atoms with Gasteiger partial charge >= 0.3 is 0 Å². The van der Waals surface area contributed by atoms with Crippen molar-refractivity contribution in [3.05, 3.63) is 12.2 Å². The first-order valence-electron chi connectivity index (χ1n) is 7.56. The molecule has 3 nitrogen and oxygen atoms in total. The molecule has 0 amide bonds. The van der Waals surface area contributed by atoms with Crippen molar-refractivity contribution in [1.82, 2.24) is 15.1 Å². The van der Waals surface area contributed by atoms with E-state index in [2.05, 4.69) is 35.5 Å². The van der Waals surface area contributed by atoms with Crippen LogP contribution in [-0.4, -0.2) is 61.2 Å². The molecule has 0 aromatic heterocycles. The van der Waals surface area contributed by atoms with E-state index >= 15 is 0 Å². The molecule has 0 radical (unpaired) electrons. The van der Waals surface area contributed by atoms with Crippen molar-refractivity contribution in [3.8, 4) is 0 Å². The van der Waals surface area contributed by atoms with E-state index in [0.29, 0.717) is 6.04 Å². The van der Waals surface area contributed by atoms with Crippen LogP contribution < -0.4 is 5.32 Å². The van der Waals surface area contributed by atoms with Crippen molar-refractivity contribution >= 4 is 0 Å². The molecule has 2 saturated heterocycles. The van der Waals surface area contributed by atoms with E-state index in [9.17, 15) is 0 Å². The number of hydrogen-bond acceptors (Lipinski definition) is 3. The average Bonchev–Trinajstić information content (AvgIpc) is 2.77. The number of piperazine rings is 1. The SMILES string of the molecule is C=C(CNCCC)CN1CC2CCCN2CC1C. The maximum Gasteiger partial charge on any atom is 0.0224 e. The van der Waals surface area contributed by atoms with Gasteiger partial charge < -0.3 is 5.32 Å². The van der Waals surface area contributed by atoms with Crippen LogP contribution >= 0.6 is 0 Å². The maximum atomic E-state index is 4.22. The summed E-state index contributed by atoms with van der Waals surface area (Å²) in [5.41, 5.74) is 1.33. The molecule has 2 fully saturated rings. The standard InChI is InChI=1S/C15H29N3/c1-4-7-16-9-13(2)10-18-12-15-6-5-8-17(15)11-14(18)3/h14-16H,2,4-12H2,1,3H3. The monoisotopic (exact) mass is 251 g/mol. The zero-order valence-electron chi connectivity index (χ0n) is 12.1. The smallest absolute Gasteiger partial charge is 0.0224 e. The highest BCUT2D eigenvalue weighted by Gasteiger charge is 2.34. The molecule has 104 valence electrons. The molecule has 2 heterocycles. The molecule has 2 atom stereocenters. The topological polar surface area (TPSA) is 18.5 Å². The van der Waals surface area contributed by atoms with Gasteiger partial charge in [-0.1, -0.05) is 13.5 Å². The van der Waals surface area contributed by atoms with Gasteiger partial charge in [0, 0.05) is 38.3 Å². The first-order valence-corrected chi connectivity index (χ1v) is 7.56. The summed E-state index contributed by atoms with van der Waals surface area (Å²) in [6, 6.07) is 1.50. The van der Waals surface area contributed by atoms with Crippen LogP contribution in [0.15, 0.2) is 12.2 Å². The Morgan fingerprint density at radius 2 is 2.22 bits per heavy atom. The fourth-order valence-corrected chi connectivity index (χ4v) is 3.25. The fourth-order valence-electron chi connectivity index (χ4n) is 3.25. The summed E-state index contributed by atoms with van der Waals surface area (Å²) in [5.74, 6) is 0. The van der Waals surface area contributed by atoms with E-state index in [1.807, 2.05) is 0 Å². The van der Waals surface area contributed by atoms with Crippen molar-refractivity contribution in [1.29, 1.82) is 0 Å². The van der Waals surface area contributed by atoms with Crippen molar-refractivity contribution < 1.29 is 0 Å². The van der Waals surface area contributed by atoms with Crippen LogP contribution in [0.2, 0.25) is 0 Å². The Morgan fingerprint density at radius 1 is 1.39 bits per heavy atom. The number of rotatable bonds is 6. The summed E-state index contributed by atoms with van der Waals surface area (Å²) < 4.78 is 0. The molecule has 3 heteroatoms. The number of fused-ring (bicyclic) bond motifs is 1. The van der Waals surface area contributed by atoms with E-state index in [1.165, 1.54) is 44.5 Å². The molecular weight excluding hydrogens is 222 g/mol. The molecule has 0 spiro atoms. The molecule has 1 N–H and O–H groups in total. The van der Waals surface area contributed by atoms with Crippen LogP contribution in [0.1, 0.15) is 33.1 Å². The number of hydrogen-bond donors (Lipinski definition) is 1. The first-order chi connectivity index (χ1) is 8.70. The lowest BCUT2D eigenvalue weighted by molar-refractivity contribution is 0.0663. The largest absolute Gasteiger partial charge is 0.313 e. The Kier molecular flexibility index (Phi) is 5.22. The second-order valence-electron chi connectivity index (χ2n) is 6.00. The molecular formula is C15H29N3. The third-order valence-corrected chi connectivity index (χ3v) is 4.29. The minimum absolute atomic E-state index is 0.683. The molecule has 2 aliphatic heterocycles. The zero-order valence-corrected chi connectivity index (χ0v) is 12.1. The quantitative estimate of drug-likeness (QED) is 0.573. The lowest BCUT2D eigenvalue weighted by Crippen LogP contribution is -2.55. The van der Waals surface area contributed by atoms with Crippen LogP contribution in [0.4, 0.5) is 0 Å². The molecule has 0 aromatic rings. The Balaban J connectivity index is 1.76. The summed E-state index contributed by atoms with van der Waals surface area (Å²) in [4.78, 5) is 5.31. The molecule has 0 bridgehead atoms. The van der Waals surface area contributed by atoms with Crippen molar-refractivity contribution in [2.75, 3.05) is 39.3 Å². The number of nitrogens with zero attached hydrogens (tertiary/aromatic N) is 2. The van der Waals surface area contributed by atoms with E-state index in [1.54, 1.807) is 0 Å². The second-order valence-corrected chi connectivity index (χ2v) is 6.00. The Bertz CT molecular complexity index is 277. The van der Waals surface area contributed by atoms with Gasteiger partial charge in [0.1, 0.15) is 0 Å². The minimum Gasteiger partial charge on any atom is -0.313 e. The van der Waals surface area contributed by atoms with Crippen LogP contribution in [-0.2, 0) is 0 Å². The molecule has 0 aliphatic carbocycles. The predicted molar refractivity (Wildman–Crippen MR) is 77.9 cm³/mol. The Labute approximate surface area is 112 Å². The molecule has 2 unspecified atom stereocenters.